The first-order chi connectivity index (χ1) is 25.7. The van der Waals surface area contributed by atoms with E-state index in [1.165, 1.54) is 5.56 Å². The Morgan fingerprint density at radius 2 is 0.981 bits per heavy atom. The van der Waals surface area contributed by atoms with Crippen molar-refractivity contribution in [2.45, 2.75) is 31.6 Å². The summed E-state index contributed by atoms with van der Waals surface area (Å²) in [6.07, 6.45) is 7.42. The number of aliphatic imine (C=N–C) groups is 1. The Bertz CT molecular complexity index is 2580. The number of nitrogens with zero attached hydrogens (tertiary/aromatic N) is 1. The van der Waals surface area contributed by atoms with Gasteiger partial charge in [0, 0.05) is 50.2 Å². The zero-order valence-electron chi connectivity index (χ0n) is 29.2. The van der Waals surface area contributed by atoms with E-state index in [2.05, 4.69) is 192 Å². The molecule has 2 aliphatic heterocycles. The lowest BCUT2D eigenvalue weighted by Gasteiger charge is -2.34. The summed E-state index contributed by atoms with van der Waals surface area (Å²) in [5, 5.41) is 2.06. The molecule has 3 N–H and O–H groups in total. The number of rotatable bonds is 7. The van der Waals surface area contributed by atoms with Crippen LogP contribution >= 0.6 is 0 Å². The summed E-state index contributed by atoms with van der Waals surface area (Å²) in [5.41, 5.74) is 13.7. The van der Waals surface area contributed by atoms with Gasteiger partial charge in [-0.25, -0.2) is 4.99 Å². The van der Waals surface area contributed by atoms with Crippen molar-refractivity contribution in [2.24, 2.45) is 4.99 Å². The van der Waals surface area contributed by atoms with E-state index in [9.17, 15) is 0 Å². The number of allylic oxidation sites excluding steroid dienone is 2. The fourth-order valence-corrected chi connectivity index (χ4v) is 8.09. The number of benzene rings is 4. The molecule has 1 unspecified atom stereocenters. The maximum absolute atomic E-state index is 5.43. The highest BCUT2D eigenvalue weighted by molar-refractivity contribution is 6.30. The van der Waals surface area contributed by atoms with Crippen LogP contribution in [0.2, 0.25) is 0 Å². The molecule has 7 aromatic rings. The maximum atomic E-state index is 5.43. The molecule has 9 rings (SSSR count). The maximum Gasteiger partial charge on any atom is 0.0752 e. The van der Waals surface area contributed by atoms with Crippen LogP contribution in [0.3, 0.4) is 0 Å². The van der Waals surface area contributed by atoms with Crippen LogP contribution in [0.5, 0.6) is 0 Å². The van der Waals surface area contributed by atoms with E-state index in [0.29, 0.717) is 0 Å². The number of aromatic amines is 3. The van der Waals surface area contributed by atoms with E-state index in [1.807, 2.05) is 0 Å². The van der Waals surface area contributed by atoms with Crippen molar-refractivity contribution in [3.63, 3.8) is 0 Å². The van der Waals surface area contributed by atoms with Gasteiger partial charge in [0.05, 0.1) is 16.8 Å². The number of fused-ring (bicyclic) bond motifs is 7. The number of H-pyrrole nitrogens is 3. The number of hydrogen-bond donors (Lipinski definition) is 3. The Balaban J connectivity index is 1.43. The van der Waals surface area contributed by atoms with E-state index in [-0.39, 0.29) is 0 Å². The van der Waals surface area contributed by atoms with Crippen LogP contribution in [-0.2, 0) is 5.41 Å². The van der Waals surface area contributed by atoms with Crippen LogP contribution < -0.4 is 10.7 Å². The highest BCUT2D eigenvalue weighted by Crippen LogP contribution is 2.44. The quantitative estimate of drug-likeness (QED) is 0.151. The molecule has 0 amide bonds. The fraction of sp³-hybridized carbons (Fsp3) is 0.104. The molecule has 52 heavy (non-hydrogen) atoms. The van der Waals surface area contributed by atoms with Crippen molar-refractivity contribution < 1.29 is 0 Å². The third kappa shape index (κ3) is 5.44. The van der Waals surface area contributed by atoms with Crippen molar-refractivity contribution in [1.82, 2.24) is 15.0 Å². The van der Waals surface area contributed by atoms with Crippen LogP contribution in [0.15, 0.2) is 181 Å². The molecule has 0 saturated heterocycles. The first kappa shape index (κ1) is 31.6. The third-order valence-corrected chi connectivity index (χ3v) is 10.6. The average molecular weight is 673 g/mol. The van der Waals surface area contributed by atoms with Crippen LogP contribution in [0, 0.1) is 0 Å². The Morgan fingerprint density at radius 1 is 0.481 bits per heavy atom. The van der Waals surface area contributed by atoms with Gasteiger partial charge in [0.1, 0.15) is 0 Å². The van der Waals surface area contributed by atoms with Crippen LogP contribution in [-0.4, -0.2) is 20.7 Å². The normalized spacial score (nSPS) is 20.2. The number of aromatic nitrogens is 3. The van der Waals surface area contributed by atoms with Crippen molar-refractivity contribution in [3.05, 3.63) is 231 Å². The van der Waals surface area contributed by atoms with Crippen LogP contribution in [0.25, 0.3) is 16.7 Å². The molecule has 4 heteroatoms. The molecule has 0 saturated carbocycles. The second kappa shape index (κ2) is 13.4. The summed E-state index contributed by atoms with van der Waals surface area (Å²) in [7, 11) is 0. The van der Waals surface area contributed by atoms with Crippen molar-refractivity contribution >= 4 is 22.4 Å². The van der Waals surface area contributed by atoms with E-state index < -0.39 is 5.41 Å². The van der Waals surface area contributed by atoms with Gasteiger partial charge >= 0.3 is 0 Å². The predicted molar refractivity (Wildman–Crippen MR) is 214 cm³/mol. The lowest BCUT2D eigenvalue weighted by molar-refractivity contribution is 0.506. The fourth-order valence-electron chi connectivity index (χ4n) is 8.09. The molecular weight excluding hydrogens is 633 g/mol. The van der Waals surface area contributed by atoms with E-state index >= 15 is 0 Å². The van der Waals surface area contributed by atoms with Gasteiger partial charge in [-0.2, -0.15) is 0 Å². The van der Waals surface area contributed by atoms with Gasteiger partial charge in [0.15, 0.2) is 0 Å². The Labute approximate surface area is 304 Å². The van der Waals surface area contributed by atoms with Crippen LogP contribution in [0.1, 0.15) is 71.2 Å². The average Bonchev–Trinajstić information content (AvgIpc) is 4.05. The minimum Gasteiger partial charge on any atom is -0.357 e. The van der Waals surface area contributed by atoms with Gasteiger partial charge in [-0.15, -0.1) is 0 Å². The lowest BCUT2D eigenvalue weighted by Crippen LogP contribution is -2.30. The molecule has 0 spiro atoms. The topological polar surface area (TPSA) is 59.7 Å². The molecule has 5 heterocycles. The molecule has 4 aromatic carbocycles. The molecular formula is C48H40N4. The Kier molecular flexibility index (Phi) is 8.13. The predicted octanol–water partition coefficient (Wildman–Crippen LogP) is 9.43. The second-order valence-electron chi connectivity index (χ2n) is 13.7. The van der Waals surface area contributed by atoms with Gasteiger partial charge in [0.25, 0.3) is 0 Å². The van der Waals surface area contributed by atoms with Crippen molar-refractivity contribution in [1.29, 1.82) is 0 Å². The van der Waals surface area contributed by atoms with E-state index in [4.69, 9.17) is 4.99 Å². The first-order valence-electron chi connectivity index (χ1n) is 18.3. The Morgan fingerprint density at radius 3 is 1.56 bits per heavy atom. The number of hydrogen-bond acceptors (Lipinski definition) is 1. The van der Waals surface area contributed by atoms with E-state index in [0.717, 1.165) is 97.6 Å². The minimum absolute atomic E-state index is 0.450. The van der Waals surface area contributed by atoms with Gasteiger partial charge in [-0.1, -0.05) is 141 Å². The minimum atomic E-state index is -0.450. The zero-order valence-corrected chi connectivity index (χ0v) is 29.2. The van der Waals surface area contributed by atoms with Gasteiger partial charge < -0.3 is 15.0 Å². The highest BCUT2D eigenvalue weighted by atomic mass is 14.8. The number of unbranched alkanes of at least 4 members (excludes halogenated alkanes) is 1. The first-order valence-corrected chi connectivity index (χ1v) is 18.3. The molecule has 3 aromatic heterocycles. The van der Waals surface area contributed by atoms with Crippen molar-refractivity contribution in [2.75, 3.05) is 0 Å². The van der Waals surface area contributed by atoms with Gasteiger partial charge in [-0.05, 0) is 77.2 Å². The molecule has 0 fully saturated rings. The second-order valence-corrected chi connectivity index (χ2v) is 13.7. The summed E-state index contributed by atoms with van der Waals surface area (Å²) in [6, 6.07) is 56.4. The molecule has 2 aliphatic rings. The monoisotopic (exact) mass is 672 g/mol. The molecule has 0 aliphatic carbocycles. The summed E-state index contributed by atoms with van der Waals surface area (Å²) in [5.74, 6) is 0. The molecule has 252 valence electrons. The summed E-state index contributed by atoms with van der Waals surface area (Å²) < 4.78 is 0. The standard InChI is InChI=1S/C48H40N4/c1-2-3-32-48(36-22-14-7-15-23-36)43-30-28-41(51-43)46(34-18-10-5-11-19-34)39-26-24-37(49-39)45(33-16-8-4-9-17-33)38-25-27-40(50-38)47(35-20-12-6-13-21-35)42-29-31-44(48)52-42/h4-31,49,51-52H,2-3,32H2,1H3/b45-37-,46-39-,47-40-. The lowest BCUT2D eigenvalue weighted by atomic mass is 9.71. The van der Waals surface area contributed by atoms with Gasteiger partial charge in [-0.3, -0.25) is 0 Å². The van der Waals surface area contributed by atoms with Crippen LogP contribution in [0.4, 0.5) is 0 Å². The summed E-state index contributed by atoms with van der Waals surface area (Å²) in [6.45, 7) is 2.28. The number of nitrogens with one attached hydrogen (secondary N) is 3. The smallest absolute Gasteiger partial charge is 0.0752 e. The summed E-state index contributed by atoms with van der Waals surface area (Å²) >= 11 is 0. The highest BCUT2D eigenvalue weighted by Gasteiger charge is 2.39. The zero-order chi connectivity index (χ0) is 34.9. The largest absolute Gasteiger partial charge is 0.357 e. The van der Waals surface area contributed by atoms with Gasteiger partial charge in [0.2, 0.25) is 0 Å². The Hall–Kier alpha value is -6.39. The molecule has 8 bridgehead atoms. The summed E-state index contributed by atoms with van der Waals surface area (Å²) in [4.78, 5) is 17.3. The third-order valence-electron chi connectivity index (χ3n) is 10.6. The van der Waals surface area contributed by atoms with Crippen molar-refractivity contribution in [3.8, 4) is 0 Å². The van der Waals surface area contributed by atoms with E-state index in [1.54, 1.807) is 0 Å². The molecule has 0 radical (unpaired) electrons. The molecule has 4 nitrogen and oxygen atoms in total. The molecule has 1 atom stereocenters. The SMILES string of the molecule is CCCCC1(c2ccccc2)c2ccc([nH]2)/C(c2ccccc2)=C2/C=CC(=N2)/C(c2ccccc2)=c2/cc/c([nH]2)=C(\c2ccccc2)c2ccc1[nH]2.